The second kappa shape index (κ2) is 7.66. The number of carbonyl (C=O) groups is 1. The SMILES string of the molecule is Cc1cc(C(=O)c2ccccc2)c(C)c(-c2ccccc2)c1-c1ccccc1. The van der Waals surface area contributed by atoms with Crippen molar-refractivity contribution in [3.05, 3.63) is 119 Å². The number of ketones is 1. The Morgan fingerprint density at radius 2 is 1.07 bits per heavy atom. The van der Waals surface area contributed by atoms with Crippen LogP contribution in [0.1, 0.15) is 27.0 Å². The quantitative estimate of drug-likeness (QED) is 0.362. The van der Waals surface area contributed by atoms with Gasteiger partial charge in [0.2, 0.25) is 0 Å². The summed E-state index contributed by atoms with van der Waals surface area (Å²) in [4.78, 5) is 13.3. The first-order valence-corrected chi connectivity index (χ1v) is 9.51. The molecule has 0 heterocycles. The highest BCUT2D eigenvalue weighted by atomic mass is 16.1. The summed E-state index contributed by atoms with van der Waals surface area (Å²) in [5.41, 5.74) is 8.23. The maximum absolute atomic E-state index is 13.3. The van der Waals surface area contributed by atoms with Crippen molar-refractivity contribution in [1.29, 1.82) is 0 Å². The molecule has 1 nitrogen and oxygen atoms in total. The predicted octanol–water partition coefficient (Wildman–Crippen LogP) is 6.87. The van der Waals surface area contributed by atoms with Gasteiger partial charge in [-0.05, 0) is 53.3 Å². The number of hydrogen-bond donors (Lipinski definition) is 0. The molecule has 0 N–H and O–H groups in total. The minimum absolute atomic E-state index is 0.0676. The molecule has 0 aliphatic rings. The van der Waals surface area contributed by atoms with Crippen molar-refractivity contribution in [1.82, 2.24) is 0 Å². The fraction of sp³-hybridized carbons (Fsp3) is 0.0741. The van der Waals surface area contributed by atoms with Gasteiger partial charge in [0.25, 0.3) is 0 Å². The summed E-state index contributed by atoms with van der Waals surface area (Å²) in [6.07, 6.45) is 0. The molecule has 0 unspecified atom stereocenters. The lowest BCUT2D eigenvalue weighted by atomic mass is 9.83. The third kappa shape index (κ3) is 3.27. The molecule has 0 bridgehead atoms. The smallest absolute Gasteiger partial charge is 0.193 e. The van der Waals surface area contributed by atoms with Crippen molar-refractivity contribution in [2.75, 3.05) is 0 Å². The van der Waals surface area contributed by atoms with Gasteiger partial charge in [0.05, 0.1) is 0 Å². The van der Waals surface area contributed by atoms with Gasteiger partial charge in [0, 0.05) is 11.1 Å². The minimum Gasteiger partial charge on any atom is -0.289 e. The van der Waals surface area contributed by atoms with Crippen molar-refractivity contribution in [2.45, 2.75) is 13.8 Å². The summed E-state index contributed by atoms with van der Waals surface area (Å²) in [6, 6.07) is 32.3. The van der Waals surface area contributed by atoms with Gasteiger partial charge in [-0.3, -0.25) is 4.79 Å². The number of benzene rings is 4. The summed E-state index contributed by atoms with van der Waals surface area (Å²) in [5, 5.41) is 0. The van der Waals surface area contributed by atoms with Gasteiger partial charge in [-0.25, -0.2) is 0 Å². The highest BCUT2D eigenvalue weighted by Gasteiger charge is 2.20. The maximum Gasteiger partial charge on any atom is 0.193 e. The molecule has 0 radical (unpaired) electrons. The van der Waals surface area contributed by atoms with Gasteiger partial charge >= 0.3 is 0 Å². The van der Waals surface area contributed by atoms with E-state index in [1.54, 1.807) is 0 Å². The third-order valence-corrected chi connectivity index (χ3v) is 5.19. The van der Waals surface area contributed by atoms with Gasteiger partial charge in [-0.1, -0.05) is 91.0 Å². The number of aryl methyl sites for hydroxylation is 1. The van der Waals surface area contributed by atoms with Crippen LogP contribution in [0.15, 0.2) is 97.1 Å². The molecule has 28 heavy (non-hydrogen) atoms. The topological polar surface area (TPSA) is 17.1 Å². The van der Waals surface area contributed by atoms with Crippen LogP contribution in [0.5, 0.6) is 0 Å². The fourth-order valence-electron chi connectivity index (χ4n) is 3.84. The second-order valence-corrected chi connectivity index (χ2v) is 7.04. The van der Waals surface area contributed by atoms with E-state index in [1.165, 1.54) is 11.1 Å². The Morgan fingerprint density at radius 3 is 1.61 bits per heavy atom. The van der Waals surface area contributed by atoms with E-state index in [0.29, 0.717) is 0 Å². The molecule has 0 fully saturated rings. The van der Waals surface area contributed by atoms with Gasteiger partial charge in [0.15, 0.2) is 5.78 Å². The van der Waals surface area contributed by atoms with E-state index in [0.717, 1.165) is 33.4 Å². The lowest BCUT2D eigenvalue weighted by Crippen LogP contribution is -2.07. The zero-order valence-corrected chi connectivity index (χ0v) is 16.1. The molecule has 0 spiro atoms. The zero-order valence-electron chi connectivity index (χ0n) is 16.1. The second-order valence-electron chi connectivity index (χ2n) is 7.04. The monoisotopic (exact) mass is 362 g/mol. The molecule has 0 amide bonds. The predicted molar refractivity (Wildman–Crippen MR) is 117 cm³/mol. The summed E-state index contributed by atoms with van der Waals surface area (Å²) in [5.74, 6) is 0.0676. The molecular weight excluding hydrogens is 340 g/mol. The van der Waals surface area contributed by atoms with Crippen LogP contribution in [0.3, 0.4) is 0 Å². The molecule has 4 aromatic rings. The van der Waals surface area contributed by atoms with E-state index < -0.39 is 0 Å². The fourth-order valence-corrected chi connectivity index (χ4v) is 3.84. The van der Waals surface area contributed by atoms with Crippen molar-refractivity contribution >= 4 is 5.78 Å². The van der Waals surface area contributed by atoms with E-state index in [2.05, 4.69) is 50.2 Å². The van der Waals surface area contributed by atoms with Crippen molar-refractivity contribution in [2.24, 2.45) is 0 Å². The van der Waals surface area contributed by atoms with Crippen molar-refractivity contribution < 1.29 is 4.79 Å². The van der Waals surface area contributed by atoms with Crippen LogP contribution in [0, 0.1) is 13.8 Å². The molecular formula is C27H22O. The van der Waals surface area contributed by atoms with E-state index in [4.69, 9.17) is 0 Å². The third-order valence-electron chi connectivity index (χ3n) is 5.19. The van der Waals surface area contributed by atoms with Gasteiger partial charge < -0.3 is 0 Å². The largest absolute Gasteiger partial charge is 0.289 e. The van der Waals surface area contributed by atoms with E-state index >= 15 is 0 Å². The molecule has 4 rings (SSSR count). The average molecular weight is 362 g/mol. The lowest BCUT2D eigenvalue weighted by Gasteiger charge is -2.20. The first-order chi connectivity index (χ1) is 13.7. The lowest BCUT2D eigenvalue weighted by molar-refractivity contribution is 0.103. The molecule has 0 saturated heterocycles. The van der Waals surface area contributed by atoms with Gasteiger partial charge in [-0.15, -0.1) is 0 Å². The highest BCUT2D eigenvalue weighted by molar-refractivity contribution is 6.12. The normalized spacial score (nSPS) is 10.6. The van der Waals surface area contributed by atoms with Crippen LogP contribution in [0.25, 0.3) is 22.3 Å². The van der Waals surface area contributed by atoms with Crippen LogP contribution in [0.2, 0.25) is 0 Å². The number of rotatable bonds is 4. The number of hydrogen-bond acceptors (Lipinski definition) is 1. The van der Waals surface area contributed by atoms with Gasteiger partial charge in [0.1, 0.15) is 0 Å². The summed E-state index contributed by atoms with van der Waals surface area (Å²) in [7, 11) is 0. The standard InChI is InChI=1S/C27H22O/c1-19-18-24(27(28)23-16-10-5-11-17-23)20(2)26(22-14-8-4-9-15-22)25(19)21-12-6-3-7-13-21/h3-18H,1-2H3. The molecule has 1 heteroatoms. The Labute approximate surface area is 166 Å². The first kappa shape index (κ1) is 17.9. The van der Waals surface area contributed by atoms with Crippen molar-refractivity contribution in [3.8, 4) is 22.3 Å². The molecule has 0 aliphatic carbocycles. The average Bonchev–Trinajstić information content (AvgIpc) is 2.76. The molecule has 0 aromatic heterocycles. The van der Waals surface area contributed by atoms with Crippen LogP contribution < -0.4 is 0 Å². The Hall–Kier alpha value is -3.45. The Morgan fingerprint density at radius 1 is 0.607 bits per heavy atom. The Balaban J connectivity index is 2.00. The molecule has 136 valence electrons. The minimum atomic E-state index is 0.0676. The van der Waals surface area contributed by atoms with Crippen LogP contribution in [-0.2, 0) is 0 Å². The summed E-state index contributed by atoms with van der Waals surface area (Å²) >= 11 is 0. The van der Waals surface area contributed by atoms with E-state index in [1.807, 2.05) is 60.7 Å². The highest BCUT2D eigenvalue weighted by Crippen LogP contribution is 2.39. The van der Waals surface area contributed by atoms with Gasteiger partial charge in [-0.2, -0.15) is 0 Å². The Bertz CT molecular complexity index is 1110. The maximum atomic E-state index is 13.3. The number of carbonyl (C=O) groups excluding carboxylic acids is 1. The van der Waals surface area contributed by atoms with Crippen LogP contribution >= 0.6 is 0 Å². The van der Waals surface area contributed by atoms with Crippen LogP contribution in [0.4, 0.5) is 0 Å². The van der Waals surface area contributed by atoms with E-state index in [-0.39, 0.29) is 5.78 Å². The molecule has 0 saturated carbocycles. The molecule has 0 atom stereocenters. The molecule has 0 aliphatic heterocycles. The zero-order chi connectivity index (χ0) is 19.5. The van der Waals surface area contributed by atoms with Crippen molar-refractivity contribution in [3.63, 3.8) is 0 Å². The first-order valence-electron chi connectivity index (χ1n) is 9.51. The van der Waals surface area contributed by atoms with Crippen LogP contribution in [-0.4, -0.2) is 5.78 Å². The molecule has 4 aromatic carbocycles. The summed E-state index contributed by atoms with van der Waals surface area (Å²) < 4.78 is 0. The summed E-state index contributed by atoms with van der Waals surface area (Å²) in [6.45, 7) is 4.15. The Kier molecular flexibility index (Phi) is 4.90. The van der Waals surface area contributed by atoms with E-state index in [9.17, 15) is 4.79 Å².